The molecule has 0 bridgehead atoms. The molecule has 18 heavy (non-hydrogen) atoms. The number of rotatable bonds is 3. The molecule has 2 rings (SSSR count). The van der Waals surface area contributed by atoms with Gasteiger partial charge in [0.1, 0.15) is 12.2 Å². The maximum Gasteiger partial charge on any atom is 0.330 e. The van der Waals surface area contributed by atoms with Crippen LogP contribution in [0.4, 0.5) is 0 Å². The molecule has 0 radical (unpaired) electrons. The van der Waals surface area contributed by atoms with Crippen molar-refractivity contribution in [3.63, 3.8) is 0 Å². The lowest BCUT2D eigenvalue weighted by Gasteiger charge is -2.06. The molecule has 0 aliphatic carbocycles. The van der Waals surface area contributed by atoms with Gasteiger partial charge in [-0.1, -0.05) is 6.58 Å². The van der Waals surface area contributed by atoms with Crippen molar-refractivity contribution < 1.29 is 23.8 Å². The molecule has 2 aliphatic rings. The van der Waals surface area contributed by atoms with Crippen LogP contribution in [0.25, 0.3) is 0 Å². The minimum absolute atomic E-state index is 0.0255. The monoisotopic (exact) mass is 256 g/mol. The minimum Gasteiger partial charge on any atom is -0.466 e. The zero-order chi connectivity index (χ0) is 13.4. The van der Waals surface area contributed by atoms with Crippen LogP contribution in [0.15, 0.2) is 12.7 Å². The molecule has 5 nitrogen and oxygen atoms in total. The topological polar surface area (TPSA) is 65.1 Å². The van der Waals surface area contributed by atoms with E-state index in [4.69, 9.17) is 14.2 Å². The summed E-state index contributed by atoms with van der Waals surface area (Å²) in [6.45, 7) is 6.42. The fourth-order valence-electron chi connectivity index (χ4n) is 1.44. The summed E-state index contributed by atoms with van der Waals surface area (Å²) in [5, 5.41) is 0. The molecule has 0 N–H and O–H groups in total. The molecular formula is C13H20O5. The summed E-state index contributed by atoms with van der Waals surface area (Å²) in [5.41, 5.74) is 0. The van der Waals surface area contributed by atoms with Gasteiger partial charge in [-0.15, -0.1) is 0 Å². The summed E-state index contributed by atoms with van der Waals surface area (Å²) in [6, 6.07) is 0. The zero-order valence-electron chi connectivity index (χ0n) is 10.7. The largest absolute Gasteiger partial charge is 0.466 e. The van der Waals surface area contributed by atoms with Crippen LogP contribution in [-0.2, 0) is 23.8 Å². The summed E-state index contributed by atoms with van der Waals surface area (Å²) < 4.78 is 14.5. The summed E-state index contributed by atoms with van der Waals surface area (Å²) in [4.78, 5) is 21.0. The Kier molecular flexibility index (Phi) is 6.43. The second kappa shape index (κ2) is 7.87. The van der Waals surface area contributed by atoms with Gasteiger partial charge in [0.25, 0.3) is 0 Å². The highest BCUT2D eigenvalue weighted by Crippen LogP contribution is 2.16. The number of esters is 2. The molecule has 2 heterocycles. The molecule has 0 aromatic heterocycles. The van der Waals surface area contributed by atoms with E-state index in [2.05, 4.69) is 6.58 Å². The highest BCUT2D eigenvalue weighted by molar-refractivity contribution is 5.81. The Balaban J connectivity index is 0.000000184. The third-order valence-electron chi connectivity index (χ3n) is 2.64. The fraction of sp³-hybridized carbons (Fsp3) is 0.692. The van der Waals surface area contributed by atoms with Crippen LogP contribution in [0.3, 0.4) is 0 Å². The molecule has 0 amide bonds. The Morgan fingerprint density at radius 1 is 1.50 bits per heavy atom. The van der Waals surface area contributed by atoms with Crippen molar-refractivity contribution in [3.05, 3.63) is 12.7 Å². The maximum atomic E-state index is 10.6. The zero-order valence-corrected chi connectivity index (χ0v) is 10.7. The van der Waals surface area contributed by atoms with Crippen LogP contribution in [-0.4, -0.2) is 37.4 Å². The van der Waals surface area contributed by atoms with Crippen LogP contribution >= 0.6 is 0 Å². The van der Waals surface area contributed by atoms with E-state index in [1.54, 1.807) is 6.92 Å². The molecular weight excluding hydrogens is 236 g/mol. The average molecular weight is 256 g/mol. The van der Waals surface area contributed by atoms with Crippen LogP contribution < -0.4 is 0 Å². The quantitative estimate of drug-likeness (QED) is 0.436. The van der Waals surface area contributed by atoms with Gasteiger partial charge in [-0.2, -0.15) is 0 Å². The highest BCUT2D eigenvalue weighted by Gasteiger charge is 2.31. The van der Waals surface area contributed by atoms with E-state index in [1.165, 1.54) is 0 Å². The number of epoxide rings is 1. The molecule has 2 atom stereocenters. The van der Waals surface area contributed by atoms with Crippen LogP contribution in [0.1, 0.15) is 32.6 Å². The first kappa shape index (κ1) is 14.7. The van der Waals surface area contributed by atoms with Gasteiger partial charge in [0.2, 0.25) is 0 Å². The van der Waals surface area contributed by atoms with Gasteiger partial charge in [-0.25, -0.2) is 4.79 Å². The second-order valence-corrected chi connectivity index (χ2v) is 4.25. The summed E-state index contributed by atoms with van der Waals surface area (Å²) >= 11 is 0. The van der Waals surface area contributed by atoms with Gasteiger partial charge in [-0.3, -0.25) is 4.79 Å². The number of hydrogen-bond donors (Lipinski definition) is 0. The van der Waals surface area contributed by atoms with Gasteiger partial charge in [0, 0.05) is 12.5 Å². The molecule has 2 saturated heterocycles. The van der Waals surface area contributed by atoms with Crippen molar-refractivity contribution in [1.29, 1.82) is 0 Å². The number of carbonyl (C=O) groups is 2. The number of ether oxygens (including phenoxy) is 3. The molecule has 2 fully saturated rings. The Morgan fingerprint density at radius 3 is 2.83 bits per heavy atom. The summed E-state index contributed by atoms with van der Waals surface area (Å²) in [5.74, 6) is -0.412. The molecule has 0 aromatic rings. The van der Waals surface area contributed by atoms with E-state index in [0.717, 1.165) is 25.3 Å². The van der Waals surface area contributed by atoms with Crippen molar-refractivity contribution in [1.82, 2.24) is 0 Å². The van der Waals surface area contributed by atoms with E-state index in [-0.39, 0.29) is 24.1 Å². The summed E-state index contributed by atoms with van der Waals surface area (Å²) in [6.07, 6.45) is 4.96. The fourth-order valence-corrected chi connectivity index (χ4v) is 1.44. The lowest BCUT2D eigenvalue weighted by molar-refractivity contribution is -0.143. The molecule has 0 aromatic carbocycles. The Bertz CT molecular complexity index is 286. The van der Waals surface area contributed by atoms with Gasteiger partial charge in [0.15, 0.2) is 0 Å². The van der Waals surface area contributed by atoms with Crippen molar-refractivity contribution >= 4 is 11.9 Å². The predicted molar refractivity (Wildman–Crippen MR) is 64.9 cm³/mol. The number of carbonyl (C=O) groups excluding carboxylic acids is 2. The molecule has 102 valence electrons. The van der Waals surface area contributed by atoms with Crippen LogP contribution in [0, 0.1) is 0 Å². The van der Waals surface area contributed by atoms with Gasteiger partial charge < -0.3 is 14.2 Å². The lowest BCUT2D eigenvalue weighted by Crippen LogP contribution is -2.18. The van der Waals surface area contributed by atoms with Gasteiger partial charge >= 0.3 is 11.9 Å². The smallest absolute Gasteiger partial charge is 0.330 e. The van der Waals surface area contributed by atoms with Gasteiger partial charge in [0.05, 0.1) is 13.2 Å². The van der Waals surface area contributed by atoms with Crippen LogP contribution in [0.5, 0.6) is 0 Å². The third-order valence-corrected chi connectivity index (χ3v) is 2.64. The molecule has 0 spiro atoms. The number of hydrogen-bond acceptors (Lipinski definition) is 5. The van der Waals surface area contributed by atoms with Crippen molar-refractivity contribution in [2.24, 2.45) is 0 Å². The standard InChI is InChI=1S/C7H10O3.C6H10O2/c1-3-7(8)10-5(2)6-4-9-6;7-6-4-2-1-3-5-8-6/h3,5-6H,1,4H2,2H3;1-5H2. The Morgan fingerprint density at radius 2 is 2.22 bits per heavy atom. The average Bonchev–Trinajstić information content (AvgIpc) is 3.16. The van der Waals surface area contributed by atoms with Crippen molar-refractivity contribution in [2.45, 2.75) is 44.8 Å². The Labute approximate surface area is 107 Å². The molecule has 2 aliphatic heterocycles. The first-order valence-electron chi connectivity index (χ1n) is 6.23. The van der Waals surface area contributed by atoms with E-state index in [0.29, 0.717) is 19.6 Å². The van der Waals surface area contributed by atoms with Gasteiger partial charge in [-0.05, 0) is 26.2 Å². The molecule has 5 heteroatoms. The molecule has 2 unspecified atom stereocenters. The maximum absolute atomic E-state index is 10.6. The number of cyclic esters (lactones) is 1. The summed E-state index contributed by atoms with van der Waals surface area (Å²) in [7, 11) is 0. The van der Waals surface area contributed by atoms with E-state index in [1.807, 2.05) is 0 Å². The van der Waals surface area contributed by atoms with E-state index >= 15 is 0 Å². The highest BCUT2D eigenvalue weighted by atomic mass is 16.6. The first-order chi connectivity index (χ1) is 8.63. The SMILES string of the molecule is C=CC(=O)OC(C)C1CO1.O=C1CCCCCO1. The minimum atomic E-state index is -0.386. The third kappa shape index (κ3) is 6.39. The van der Waals surface area contributed by atoms with E-state index in [9.17, 15) is 9.59 Å². The first-order valence-corrected chi connectivity index (χ1v) is 6.23. The van der Waals surface area contributed by atoms with Crippen molar-refractivity contribution in [3.8, 4) is 0 Å². The Hall–Kier alpha value is -1.36. The van der Waals surface area contributed by atoms with E-state index < -0.39 is 0 Å². The normalized spacial score (nSPS) is 23.6. The lowest BCUT2D eigenvalue weighted by atomic mass is 10.2. The van der Waals surface area contributed by atoms with Crippen LogP contribution in [0.2, 0.25) is 0 Å². The second-order valence-electron chi connectivity index (χ2n) is 4.25. The molecule has 0 saturated carbocycles. The van der Waals surface area contributed by atoms with Crippen molar-refractivity contribution in [2.75, 3.05) is 13.2 Å². The predicted octanol–water partition coefficient (Wildman–Crippen LogP) is 1.61.